The fraction of sp³-hybridized carbons (Fsp3) is 0.750. The molecular formula is C12H23NO. The van der Waals surface area contributed by atoms with Crippen LogP contribution in [-0.2, 0) is 4.79 Å². The lowest BCUT2D eigenvalue weighted by molar-refractivity contribution is -0.119. The van der Waals surface area contributed by atoms with E-state index in [9.17, 15) is 4.79 Å². The molecule has 0 fully saturated rings. The quantitative estimate of drug-likeness (QED) is 0.448. The van der Waals surface area contributed by atoms with E-state index >= 15 is 0 Å². The Kier molecular flexibility index (Phi) is 8.30. The molecule has 0 aromatic rings. The molecule has 0 aromatic heterocycles. The molecule has 0 bridgehead atoms. The maximum absolute atomic E-state index is 10.8. The molecule has 0 aliphatic rings. The molecule has 0 rings (SSSR count). The summed E-state index contributed by atoms with van der Waals surface area (Å²) in [4.78, 5) is 10.8. The molecule has 0 spiro atoms. The molecule has 0 saturated carbocycles. The van der Waals surface area contributed by atoms with Gasteiger partial charge in [0.15, 0.2) is 0 Å². The van der Waals surface area contributed by atoms with Crippen LogP contribution in [0, 0.1) is 5.92 Å². The van der Waals surface area contributed by atoms with E-state index in [1.807, 2.05) is 6.08 Å². The number of primary amides is 1. The second-order valence-corrected chi connectivity index (χ2v) is 3.90. The summed E-state index contributed by atoms with van der Waals surface area (Å²) in [6.07, 6.45) is 9.34. The van der Waals surface area contributed by atoms with E-state index < -0.39 is 0 Å². The van der Waals surface area contributed by atoms with Gasteiger partial charge < -0.3 is 5.73 Å². The minimum atomic E-state index is -0.160. The van der Waals surface area contributed by atoms with E-state index in [1.54, 1.807) is 0 Å². The van der Waals surface area contributed by atoms with Gasteiger partial charge >= 0.3 is 0 Å². The number of nitrogens with two attached hydrogens (primary N) is 1. The van der Waals surface area contributed by atoms with Gasteiger partial charge in [0, 0.05) is 6.42 Å². The number of carbonyl (C=O) groups excluding carboxylic acids is 1. The Hall–Kier alpha value is -0.790. The van der Waals surface area contributed by atoms with Gasteiger partial charge in [0.2, 0.25) is 5.91 Å². The van der Waals surface area contributed by atoms with Gasteiger partial charge in [-0.05, 0) is 25.2 Å². The van der Waals surface area contributed by atoms with Crippen LogP contribution >= 0.6 is 0 Å². The highest BCUT2D eigenvalue weighted by atomic mass is 16.1. The van der Waals surface area contributed by atoms with E-state index in [0.29, 0.717) is 12.3 Å². The molecule has 0 saturated heterocycles. The fourth-order valence-electron chi connectivity index (χ4n) is 1.76. The Balaban J connectivity index is 3.61. The monoisotopic (exact) mass is 197 g/mol. The number of carbonyl (C=O) groups is 1. The highest BCUT2D eigenvalue weighted by molar-refractivity contribution is 5.73. The second-order valence-electron chi connectivity index (χ2n) is 3.90. The topological polar surface area (TPSA) is 43.1 Å². The zero-order valence-electron chi connectivity index (χ0n) is 9.30. The Labute approximate surface area is 87.6 Å². The lowest BCUT2D eigenvalue weighted by Crippen LogP contribution is -2.16. The molecule has 82 valence electrons. The van der Waals surface area contributed by atoms with Gasteiger partial charge in [-0.1, -0.05) is 32.3 Å². The van der Waals surface area contributed by atoms with Crippen LogP contribution in [0.25, 0.3) is 0 Å². The molecule has 2 heteroatoms. The van der Waals surface area contributed by atoms with Crippen LogP contribution in [0.15, 0.2) is 12.7 Å². The first-order valence-electron chi connectivity index (χ1n) is 5.59. The van der Waals surface area contributed by atoms with Gasteiger partial charge in [-0.2, -0.15) is 0 Å². The zero-order valence-corrected chi connectivity index (χ0v) is 9.30. The van der Waals surface area contributed by atoms with E-state index in [4.69, 9.17) is 5.73 Å². The molecular weight excluding hydrogens is 174 g/mol. The van der Waals surface area contributed by atoms with Crippen LogP contribution in [0.4, 0.5) is 0 Å². The number of rotatable bonds is 9. The first-order valence-corrected chi connectivity index (χ1v) is 5.59. The molecule has 0 aliphatic heterocycles. The first kappa shape index (κ1) is 13.2. The maximum Gasteiger partial charge on any atom is 0.217 e. The van der Waals surface area contributed by atoms with Crippen LogP contribution < -0.4 is 5.73 Å². The lowest BCUT2D eigenvalue weighted by atomic mass is 9.93. The lowest BCUT2D eigenvalue weighted by Gasteiger charge is -2.13. The van der Waals surface area contributed by atoms with Crippen molar-refractivity contribution >= 4 is 5.91 Å². The van der Waals surface area contributed by atoms with Gasteiger partial charge in [0.05, 0.1) is 0 Å². The average Bonchev–Trinajstić information content (AvgIpc) is 2.12. The minimum absolute atomic E-state index is 0.160. The second kappa shape index (κ2) is 8.79. The molecule has 1 amide bonds. The SMILES string of the molecule is C=CCCCCC(CCC)CC(N)=O. The molecule has 0 aliphatic carbocycles. The largest absolute Gasteiger partial charge is 0.370 e. The van der Waals surface area contributed by atoms with Gasteiger partial charge in [0.25, 0.3) is 0 Å². The highest BCUT2D eigenvalue weighted by Crippen LogP contribution is 2.18. The maximum atomic E-state index is 10.8. The summed E-state index contributed by atoms with van der Waals surface area (Å²) >= 11 is 0. The standard InChI is InChI=1S/C12H23NO/c1-3-5-6-7-9-11(8-4-2)10-12(13)14/h3,11H,1,4-10H2,2H3,(H2,13,14). The molecule has 0 radical (unpaired) electrons. The van der Waals surface area contributed by atoms with Crippen molar-refractivity contribution in [2.75, 3.05) is 0 Å². The number of amides is 1. The van der Waals surface area contributed by atoms with Crippen molar-refractivity contribution in [1.29, 1.82) is 0 Å². The highest BCUT2D eigenvalue weighted by Gasteiger charge is 2.10. The van der Waals surface area contributed by atoms with E-state index in [-0.39, 0.29) is 5.91 Å². The summed E-state index contributed by atoms with van der Waals surface area (Å²) in [7, 11) is 0. The molecule has 2 nitrogen and oxygen atoms in total. The van der Waals surface area contributed by atoms with E-state index in [1.165, 1.54) is 12.8 Å². The third-order valence-electron chi connectivity index (χ3n) is 2.46. The number of unbranched alkanes of at least 4 members (excludes halogenated alkanes) is 2. The Morgan fingerprint density at radius 3 is 2.64 bits per heavy atom. The van der Waals surface area contributed by atoms with Crippen molar-refractivity contribution in [3.8, 4) is 0 Å². The Bertz CT molecular complexity index is 166. The van der Waals surface area contributed by atoms with Crippen molar-refractivity contribution < 1.29 is 4.79 Å². The predicted molar refractivity (Wildman–Crippen MR) is 60.9 cm³/mol. The summed E-state index contributed by atoms with van der Waals surface area (Å²) in [6.45, 7) is 5.84. The van der Waals surface area contributed by atoms with Crippen molar-refractivity contribution in [3.63, 3.8) is 0 Å². The summed E-state index contributed by atoms with van der Waals surface area (Å²) < 4.78 is 0. The minimum Gasteiger partial charge on any atom is -0.370 e. The molecule has 2 N–H and O–H groups in total. The summed E-state index contributed by atoms with van der Waals surface area (Å²) in [5.74, 6) is 0.342. The van der Waals surface area contributed by atoms with Crippen molar-refractivity contribution in [1.82, 2.24) is 0 Å². The third-order valence-corrected chi connectivity index (χ3v) is 2.46. The molecule has 0 heterocycles. The van der Waals surface area contributed by atoms with Gasteiger partial charge in [-0.3, -0.25) is 4.79 Å². The summed E-state index contributed by atoms with van der Waals surface area (Å²) in [5.41, 5.74) is 5.20. The molecule has 0 aromatic carbocycles. The van der Waals surface area contributed by atoms with E-state index in [2.05, 4.69) is 13.5 Å². The number of allylic oxidation sites excluding steroid dienone is 1. The van der Waals surface area contributed by atoms with Gasteiger partial charge in [0.1, 0.15) is 0 Å². The normalized spacial score (nSPS) is 12.4. The summed E-state index contributed by atoms with van der Waals surface area (Å²) in [6, 6.07) is 0. The Morgan fingerprint density at radius 1 is 1.43 bits per heavy atom. The van der Waals surface area contributed by atoms with Crippen LogP contribution in [0.5, 0.6) is 0 Å². The van der Waals surface area contributed by atoms with E-state index in [0.717, 1.165) is 25.7 Å². The average molecular weight is 197 g/mol. The van der Waals surface area contributed by atoms with Crippen molar-refractivity contribution in [2.24, 2.45) is 11.7 Å². The van der Waals surface area contributed by atoms with Crippen LogP contribution in [0.1, 0.15) is 51.9 Å². The van der Waals surface area contributed by atoms with Crippen LogP contribution in [0.3, 0.4) is 0 Å². The van der Waals surface area contributed by atoms with Crippen LogP contribution in [-0.4, -0.2) is 5.91 Å². The molecule has 1 atom stereocenters. The predicted octanol–water partition coefficient (Wildman–Crippen LogP) is 3.02. The van der Waals surface area contributed by atoms with Crippen LogP contribution in [0.2, 0.25) is 0 Å². The fourth-order valence-corrected chi connectivity index (χ4v) is 1.76. The van der Waals surface area contributed by atoms with Crippen molar-refractivity contribution in [2.45, 2.75) is 51.9 Å². The zero-order chi connectivity index (χ0) is 10.8. The van der Waals surface area contributed by atoms with Crippen molar-refractivity contribution in [3.05, 3.63) is 12.7 Å². The first-order chi connectivity index (χ1) is 6.70. The smallest absolute Gasteiger partial charge is 0.217 e. The molecule has 14 heavy (non-hydrogen) atoms. The van der Waals surface area contributed by atoms with Gasteiger partial charge in [-0.25, -0.2) is 0 Å². The third kappa shape index (κ3) is 7.84. The summed E-state index contributed by atoms with van der Waals surface area (Å²) in [5, 5.41) is 0. The Morgan fingerprint density at radius 2 is 2.14 bits per heavy atom. The van der Waals surface area contributed by atoms with Gasteiger partial charge in [-0.15, -0.1) is 6.58 Å². The number of hydrogen-bond donors (Lipinski definition) is 1. The molecule has 1 unspecified atom stereocenters. The number of hydrogen-bond acceptors (Lipinski definition) is 1.